The van der Waals surface area contributed by atoms with Gasteiger partial charge in [-0.1, -0.05) is 41.7 Å². The topological polar surface area (TPSA) is 95.4 Å². The molecule has 1 aliphatic heterocycles. The number of carbonyl (C=O) groups is 2. The molecule has 2 heterocycles. The summed E-state index contributed by atoms with van der Waals surface area (Å²) in [6, 6.07) is 10.0. The van der Waals surface area contributed by atoms with Gasteiger partial charge in [0.1, 0.15) is 5.01 Å². The fourth-order valence-corrected chi connectivity index (χ4v) is 4.64. The Bertz CT molecular complexity index is 835. The van der Waals surface area contributed by atoms with Crippen molar-refractivity contribution < 1.29 is 14.7 Å². The molecule has 2 N–H and O–H groups in total. The van der Waals surface area contributed by atoms with Crippen molar-refractivity contribution >= 4 is 28.3 Å². The molecule has 0 bridgehead atoms. The van der Waals surface area contributed by atoms with E-state index >= 15 is 0 Å². The average molecular weight is 401 g/mol. The maximum atomic E-state index is 12.4. The number of aliphatic hydroxyl groups is 1. The van der Waals surface area contributed by atoms with Gasteiger partial charge in [-0.15, -0.1) is 10.2 Å². The fourth-order valence-electron chi connectivity index (χ4n) is 3.74. The standard InChI is InChI=1S/C20H24N4O3S/c25-16-8-14(9-16)6-7-21-19(27)15-11-18(26)24(12-15)20-23-22-17(28-20)10-13-4-2-1-3-5-13/h1-5,14-16,25H,6-12H2,(H,21,27). The Morgan fingerprint density at radius 1 is 1.25 bits per heavy atom. The van der Waals surface area contributed by atoms with Gasteiger partial charge in [-0.05, 0) is 30.7 Å². The van der Waals surface area contributed by atoms with Crippen LogP contribution in [0, 0.1) is 11.8 Å². The van der Waals surface area contributed by atoms with Gasteiger partial charge in [-0.3, -0.25) is 14.5 Å². The van der Waals surface area contributed by atoms with E-state index < -0.39 is 0 Å². The van der Waals surface area contributed by atoms with Crippen molar-refractivity contribution in [2.24, 2.45) is 11.8 Å². The zero-order chi connectivity index (χ0) is 19.5. The second-order valence-electron chi connectivity index (χ2n) is 7.62. The molecule has 2 aliphatic rings. The van der Waals surface area contributed by atoms with Gasteiger partial charge < -0.3 is 10.4 Å². The molecule has 8 heteroatoms. The molecule has 1 saturated carbocycles. The van der Waals surface area contributed by atoms with Gasteiger partial charge in [-0.25, -0.2) is 0 Å². The number of nitrogens with one attached hydrogen (secondary N) is 1. The van der Waals surface area contributed by atoms with Crippen molar-refractivity contribution in [1.29, 1.82) is 0 Å². The van der Waals surface area contributed by atoms with Crippen LogP contribution in [0.5, 0.6) is 0 Å². The highest BCUT2D eigenvalue weighted by Gasteiger charge is 2.37. The third-order valence-corrected chi connectivity index (χ3v) is 6.39. The number of aliphatic hydroxyl groups excluding tert-OH is 1. The molecular weight excluding hydrogens is 376 g/mol. The minimum atomic E-state index is -0.346. The lowest BCUT2D eigenvalue weighted by atomic mass is 9.80. The number of amides is 2. The SMILES string of the molecule is O=C(NCCC1CC(O)C1)C1CC(=O)N(c2nnc(Cc3ccccc3)s2)C1. The average Bonchev–Trinajstić information content (AvgIpc) is 3.27. The number of hydrogen-bond donors (Lipinski definition) is 2. The lowest BCUT2D eigenvalue weighted by Gasteiger charge is -2.31. The minimum absolute atomic E-state index is 0.0789. The molecule has 1 atom stereocenters. The summed E-state index contributed by atoms with van der Waals surface area (Å²) in [7, 11) is 0. The van der Waals surface area contributed by atoms with Crippen LogP contribution in [0.1, 0.15) is 36.3 Å². The van der Waals surface area contributed by atoms with Crippen LogP contribution in [-0.2, 0) is 16.0 Å². The highest BCUT2D eigenvalue weighted by atomic mass is 32.1. The molecule has 0 radical (unpaired) electrons. The number of hydrogen-bond acceptors (Lipinski definition) is 6. The zero-order valence-electron chi connectivity index (χ0n) is 15.6. The summed E-state index contributed by atoms with van der Waals surface area (Å²) < 4.78 is 0. The van der Waals surface area contributed by atoms with E-state index in [1.54, 1.807) is 4.90 Å². The number of rotatable bonds is 7. The van der Waals surface area contributed by atoms with Gasteiger partial charge >= 0.3 is 0 Å². The molecule has 0 spiro atoms. The monoisotopic (exact) mass is 400 g/mol. The van der Waals surface area contributed by atoms with Crippen LogP contribution in [0.15, 0.2) is 30.3 Å². The number of benzene rings is 1. The largest absolute Gasteiger partial charge is 0.393 e. The van der Waals surface area contributed by atoms with Crippen LogP contribution in [0.2, 0.25) is 0 Å². The number of anilines is 1. The normalized spacial score (nSPS) is 24.2. The molecular formula is C20H24N4O3S. The van der Waals surface area contributed by atoms with Gasteiger partial charge in [0.05, 0.1) is 12.0 Å². The Balaban J connectivity index is 1.29. The van der Waals surface area contributed by atoms with Crippen molar-refractivity contribution in [1.82, 2.24) is 15.5 Å². The van der Waals surface area contributed by atoms with Gasteiger partial charge in [0.15, 0.2) is 0 Å². The molecule has 148 valence electrons. The quantitative estimate of drug-likeness (QED) is 0.738. The number of carbonyl (C=O) groups excluding carboxylic acids is 2. The summed E-state index contributed by atoms with van der Waals surface area (Å²) in [6.45, 7) is 0.952. The number of nitrogens with zero attached hydrogens (tertiary/aromatic N) is 3. The molecule has 1 saturated heterocycles. The van der Waals surface area contributed by atoms with Crippen molar-refractivity contribution in [2.45, 2.75) is 38.2 Å². The van der Waals surface area contributed by atoms with Crippen LogP contribution in [0.4, 0.5) is 5.13 Å². The van der Waals surface area contributed by atoms with Crippen LogP contribution < -0.4 is 10.2 Å². The van der Waals surface area contributed by atoms with E-state index in [0.717, 1.165) is 29.8 Å². The van der Waals surface area contributed by atoms with Crippen molar-refractivity contribution in [3.63, 3.8) is 0 Å². The summed E-state index contributed by atoms with van der Waals surface area (Å²) in [4.78, 5) is 26.4. The van der Waals surface area contributed by atoms with E-state index in [2.05, 4.69) is 15.5 Å². The van der Waals surface area contributed by atoms with Crippen molar-refractivity contribution in [3.8, 4) is 0 Å². The van der Waals surface area contributed by atoms with Crippen LogP contribution in [0.3, 0.4) is 0 Å². The van der Waals surface area contributed by atoms with E-state index in [-0.39, 0.29) is 30.3 Å². The molecule has 7 nitrogen and oxygen atoms in total. The van der Waals surface area contributed by atoms with Crippen LogP contribution in [-0.4, -0.2) is 46.3 Å². The predicted octanol–water partition coefficient (Wildman–Crippen LogP) is 1.76. The molecule has 1 aliphatic carbocycles. The molecule has 2 aromatic rings. The molecule has 1 unspecified atom stereocenters. The third kappa shape index (κ3) is 4.39. The smallest absolute Gasteiger partial charge is 0.229 e. The van der Waals surface area contributed by atoms with Gasteiger partial charge in [0.2, 0.25) is 16.9 Å². The zero-order valence-corrected chi connectivity index (χ0v) is 16.4. The lowest BCUT2D eigenvalue weighted by Crippen LogP contribution is -2.36. The number of aromatic nitrogens is 2. The molecule has 1 aromatic heterocycles. The van der Waals surface area contributed by atoms with Gasteiger partial charge in [0, 0.05) is 25.9 Å². The van der Waals surface area contributed by atoms with Crippen molar-refractivity contribution in [2.75, 3.05) is 18.0 Å². The Labute approximate surface area is 167 Å². The van der Waals surface area contributed by atoms with Gasteiger partial charge in [0.25, 0.3) is 0 Å². The van der Waals surface area contributed by atoms with E-state index in [0.29, 0.717) is 30.6 Å². The van der Waals surface area contributed by atoms with E-state index in [1.807, 2.05) is 30.3 Å². The Morgan fingerprint density at radius 3 is 2.79 bits per heavy atom. The summed E-state index contributed by atoms with van der Waals surface area (Å²) in [5.41, 5.74) is 1.15. The molecule has 28 heavy (non-hydrogen) atoms. The molecule has 1 aromatic carbocycles. The van der Waals surface area contributed by atoms with Crippen molar-refractivity contribution in [3.05, 3.63) is 40.9 Å². The van der Waals surface area contributed by atoms with E-state index in [1.165, 1.54) is 11.3 Å². The lowest BCUT2D eigenvalue weighted by molar-refractivity contribution is -0.126. The highest BCUT2D eigenvalue weighted by molar-refractivity contribution is 7.15. The highest BCUT2D eigenvalue weighted by Crippen LogP contribution is 2.30. The molecule has 2 amide bonds. The Kier molecular flexibility index (Phi) is 5.68. The maximum absolute atomic E-state index is 12.4. The second kappa shape index (κ2) is 8.36. The molecule has 4 rings (SSSR count). The van der Waals surface area contributed by atoms with Crippen LogP contribution >= 0.6 is 11.3 Å². The molecule has 2 fully saturated rings. The predicted molar refractivity (Wildman–Crippen MR) is 106 cm³/mol. The van der Waals surface area contributed by atoms with Gasteiger partial charge in [-0.2, -0.15) is 0 Å². The first kappa shape index (κ1) is 19.0. The van der Waals surface area contributed by atoms with Crippen LogP contribution in [0.25, 0.3) is 0 Å². The maximum Gasteiger partial charge on any atom is 0.229 e. The first-order valence-corrected chi connectivity index (χ1v) is 10.5. The third-order valence-electron chi connectivity index (χ3n) is 5.44. The first-order chi connectivity index (χ1) is 13.6. The summed E-state index contributed by atoms with van der Waals surface area (Å²) in [6.07, 6.45) is 3.26. The fraction of sp³-hybridized carbons (Fsp3) is 0.500. The summed E-state index contributed by atoms with van der Waals surface area (Å²) >= 11 is 1.40. The summed E-state index contributed by atoms with van der Waals surface area (Å²) in [5.74, 6) is -0.00295. The van der Waals surface area contributed by atoms with E-state index in [9.17, 15) is 14.7 Å². The minimum Gasteiger partial charge on any atom is -0.393 e. The summed E-state index contributed by atoms with van der Waals surface area (Å²) in [5, 5.41) is 22.0. The Morgan fingerprint density at radius 2 is 2.04 bits per heavy atom. The van der Waals surface area contributed by atoms with E-state index in [4.69, 9.17) is 0 Å². The Hall–Kier alpha value is -2.32. The second-order valence-corrected chi connectivity index (χ2v) is 8.66. The first-order valence-electron chi connectivity index (χ1n) is 9.71.